The van der Waals surface area contributed by atoms with Gasteiger partial charge in [0.05, 0.1) is 4.83 Å². The molecule has 0 N–H and O–H groups in total. The number of halogens is 2. The maximum absolute atomic E-state index is 11.2. The van der Waals surface area contributed by atoms with Gasteiger partial charge in [0.25, 0.3) is 0 Å². The van der Waals surface area contributed by atoms with Gasteiger partial charge in [-0.05, 0) is 25.0 Å². The number of hydrogen-bond donors (Lipinski definition) is 0. The van der Waals surface area contributed by atoms with Crippen molar-refractivity contribution in [2.45, 2.75) is 24.6 Å². The van der Waals surface area contributed by atoms with Crippen molar-refractivity contribution in [3.05, 3.63) is 34.9 Å². The van der Waals surface area contributed by atoms with Crippen molar-refractivity contribution < 1.29 is 4.79 Å². The van der Waals surface area contributed by atoms with E-state index < -0.39 is 0 Å². The van der Waals surface area contributed by atoms with Gasteiger partial charge in [-0.3, -0.25) is 4.79 Å². The fourth-order valence-corrected chi connectivity index (χ4v) is 1.96. The molecule has 14 heavy (non-hydrogen) atoms. The Hall–Kier alpha value is -0.340. The SMILES string of the molecule is CC(=O)C(Br)c1cc(C)ccc1CCl. The zero-order chi connectivity index (χ0) is 10.7. The molecule has 0 saturated heterocycles. The van der Waals surface area contributed by atoms with Crippen LogP contribution in [0, 0.1) is 6.92 Å². The highest BCUT2D eigenvalue weighted by atomic mass is 79.9. The quantitative estimate of drug-likeness (QED) is 0.768. The van der Waals surface area contributed by atoms with Crippen molar-refractivity contribution in [3.63, 3.8) is 0 Å². The summed E-state index contributed by atoms with van der Waals surface area (Å²) in [7, 11) is 0. The third-order valence-corrected chi connectivity index (χ3v) is 3.50. The van der Waals surface area contributed by atoms with Crippen molar-refractivity contribution in [2.75, 3.05) is 0 Å². The zero-order valence-electron chi connectivity index (χ0n) is 8.18. The molecule has 0 saturated carbocycles. The van der Waals surface area contributed by atoms with Gasteiger partial charge in [-0.25, -0.2) is 0 Å². The molecule has 1 atom stereocenters. The molecule has 1 unspecified atom stereocenters. The van der Waals surface area contributed by atoms with E-state index in [-0.39, 0.29) is 10.6 Å². The maximum atomic E-state index is 11.2. The van der Waals surface area contributed by atoms with Crippen LogP contribution in [0.25, 0.3) is 0 Å². The summed E-state index contributed by atoms with van der Waals surface area (Å²) in [5.41, 5.74) is 3.13. The van der Waals surface area contributed by atoms with Crippen LogP contribution in [0.15, 0.2) is 18.2 Å². The van der Waals surface area contributed by atoms with Crippen LogP contribution in [-0.4, -0.2) is 5.78 Å². The van der Waals surface area contributed by atoms with Crippen LogP contribution in [0.3, 0.4) is 0 Å². The summed E-state index contributed by atoms with van der Waals surface area (Å²) in [5.74, 6) is 0.535. The molecule has 3 heteroatoms. The van der Waals surface area contributed by atoms with Crippen LogP contribution in [0.4, 0.5) is 0 Å². The highest BCUT2D eigenvalue weighted by molar-refractivity contribution is 9.09. The third kappa shape index (κ3) is 2.58. The summed E-state index contributed by atoms with van der Waals surface area (Å²) in [5, 5.41) is 0. The van der Waals surface area contributed by atoms with Crippen molar-refractivity contribution in [2.24, 2.45) is 0 Å². The molecule has 0 amide bonds. The lowest BCUT2D eigenvalue weighted by atomic mass is 10.0. The second-order valence-corrected chi connectivity index (χ2v) is 4.49. The average Bonchev–Trinajstić information content (AvgIpc) is 2.16. The molecule has 0 aliphatic heterocycles. The van der Waals surface area contributed by atoms with Crippen LogP contribution in [0.5, 0.6) is 0 Å². The lowest BCUT2D eigenvalue weighted by Crippen LogP contribution is -2.04. The highest BCUT2D eigenvalue weighted by Gasteiger charge is 2.15. The van der Waals surface area contributed by atoms with E-state index in [1.807, 2.05) is 25.1 Å². The first kappa shape index (κ1) is 11.7. The summed E-state index contributed by atoms with van der Waals surface area (Å²) in [4.78, 5) is 11.0. The standard InChI is InChI=1S/C11H12BrClO/c1-7-3-4-9(6-13)10(5-7)11(12)8(2)14/h3-5,11H,6H2,1-2H3. The second kappa shape index (κ2) is 4.94. The Morgan fingerprint density at radius 2 is 2.21 bits per heavy atom. The summed E-state index contributed by atoms with van der Waals surface area (Å²) in [6, 6.07) is 5.97. The first-order valence-electron chi connectivity index (χ1n) is 4.36. The van der Waals surface area contributed by atoms with Crippen molar-refractivity contribution in [1.29, 1.82) is 0 Å². The summed E-state index contributed by atoms with van der Waals surface area (Å²) >= 11 is 9.17. The Labute approximate surface area is 97.6 Å². The molecule has 0 spiro atoms. The number of carbonyl (C=O) groups is 1. The summed E-state index contributed by atoms with van der Waals surface area (Å²) in [6.45, 7) is 3.57. The van der Waals surface area contributed by atoms with Gasteiger partial charge in [-0.1, -0.05) is 39.7 Å². The van der Waals surface area contributed by atoms with Crippen LogP contribution in [0.2, 0.25) is 0 Å². The first-order chi connectivity index (χ1) is 6.56. The smallest absolute Gasteiger partial charge is 0.147 e. The number of rotatable bonds is 3. The topological polar surface area (TPSA) is 17.1 Å². The minimum atomic E-state index is -0.240. The fraction of sp³-hybridized carbons (Fsp3) is 0.364. The fourth-order valence-electron chi connectivity index (χ4n) is 1.29. The Morgan fingerprint density at radius 1 is 1.57 bits per heavy atom. The monoisotopic (exact) mass is 274 g/mol. The van der Waals surface area contributed by atoms with E-state index in [0.29, 0.717) is 5.88 Å². The van der Waals surface area contributed by atoms with E-state index in [9.17, 15) is 4.79 Å². The van der Waals surface area contributed by atoms with Crippen molar-refractivity contribution in [1.82, 2.24) is 0 Å². The Balaban J connectivity index is 3.16. The highest BCUT2D eigenvalue weighted by Crippen LogP contribution is 2.28. The molecule has 0 aliphatic rings. The van der Waals surface area contributed by atoms with Gasteiger partial charge in [-0.2, -0.15) is 0 Å². The van der Waals surface area contributed by atoms with Crippen molar-refractivity contribution >= 4 is 33.3 Å². The minimum Gasteiger partial charge on any atom is -0.298 e. The molecule has 1 rings (SSSR count). The van der Waals surface area contributed by atoms with Gasteiger partial charge < -0.3 is 0 Å². The number of alkyl halides is 2. The number of benzene rings is 1. The predicted molar refractivity (Wildman–Crippen MR) is 63.1 cm³/mol. The molecule has 76 valence electrons. The normalized spacial score (nSPS) is 12.6. The van der Waals surface area contributed by atoms with Gasteiger partial charge in [0.2, 0.25) is 0 Å². The average molecular weight is 276 g/mol. The third-order valence-electron chi connectivity index (χ3n) is 2.08. The second-order valence-electron chi connectivity index (χ2n) is 3.31. The summed E-state index contributed by atoms with van der Waals surface area (Å²) < 4.78 is 0. The molecule has 0 radical (unpaired) electrons. The molecular formula is C11H12BrClO. The molecule has 1 nitrogen and oxygen atoms in total. The number of hydrogen-bond acceptors (Lipinski definition) is 1. The van der Waals surface area contributed by atoms with E-state index in [4.69, 9.17) is 11.6 Å². The van der Waals surface area contributed by atoms with Gasteiger partial charge >= 0.3 is 0 Å². The number of aryl methyl sites for hydroxylation is 1. The first-order valence-corrected chi connectivity index (χ1v) is 5.81. The van der Waals surface area contributed by atoms with Crippen LogP contribution in [0.1, 0.15) is 28.4 Å². The molecule has 1 aromatic rings. The lowest BCUT2D eigenvalue weighted by molar-refractivity contribution is -0.116. The van der Waals surface area contributed by atoms with Crippen LogP contribution in [-0.2, 0) is 10.7 Å². The lowest BCUT2D eigenvalue weighted by Gasteiger charge is -2.11. The Kier molecular flexibility index (Phi) is 4.14. The van der Waals surface area contributed by atoms with Crippen LogP contribution < -0.4 is 0 Å². The number of Topliss-reactive ketones (excluding diaryl/α,β-unsaturated/α-hetero) is 1. The van der Waals surface area contributed by atoms with Gasteiger partial charge in [-0.15, -0.1) is 11.6 Å². The maximum Gasteiger partial charge on any atom is 0.147 e. The van der Waals surface area contributed by atoms with E-state index in [1.165, 1.54) is 0 Å². The zero-order valence-corrected chi connectivity index (χ0v) is 10.5. The molecule has 0 heterocycles. The van der Waals surface area contributed by atoms with Gasteiger partial charge in [0, 0.05) is 5.88 Å². The minimum absolute atomic E-state index is 0.0990. The van der Waals surface area contributed by atoms with E-state index in [1.54, 1.807) is 6.92 Å². The summed E-state index contributed by atoms with van der Waals surface area (Å²) in [6.07, 6.45) is 0. The predicted octanol–water partition coefficient (Wildman–Crippen LogP) is 3.76. The van der Waals surface area contributed by atoms with Crippen molar-refractivity contribution in [3.8, 4) is 0 Å². The van der Waals surface area contributed by atoms with E-state index in [0.717, 1.165) is 16.7 Å². The molecule has 0 aliphatic carbocycles. The largest absolute Gasteiger partial charge is 0.298 e. The Bertz CT molecular complexity index is 349. The van der Waals surface area contributed by atoms with Gasteiger partial charge in [0.15, 0.2) is 0 Å². The molecule has 0 fully saturated rings. The van der Waals surface area contributed by atoms with E-state index >= 15 is 0 Å². The molecule has 0 aromatic heterocycles. The van der Waals surface area contributed by atoms with Crippen LogP contribution >= 0.6 is 27.5 Å². The molecule has 1 aromatic carbocycles. The van der Waals surface area contributed by atoms with E-state index in [2.05, 4.69) is 15.9 Å². The molecule has 0 bridgehead atoms. The molecular weight excluding hydrogens is 263 g/mol. The number of ketones is 1. The number of carbonyl (C=O) groups excluding carboxylic acids is 1. The Morgan fingerprint density at radius 3 is 2.71 bits per heavy atom. The van der Waals surface area contributed by atoms with Gasteiger partial charge in [0.1, 0.15) is 5.78 Å².